The van der Waals surface area contributed by atoms with Crippen LogP contribution in [-0.2, 0) is 6.18 Å². The molecule has 5 heteroatoms. The fourth-order valence-corrected chi connectivity index (χ4v) is 2.91. The van der Waals surface area contributed by atoms with Crippen molar-refractivity contribution in [2.75, 3.05) is 7.11 Å². The first kappa shape index (κ1) is 15.9. The van der Waals surface area contributed by atoms with Crippen molar-refractivity contribution in [1.82, 2.24) is 0 Å². The van der Waals surface area contributed by atoms with E-state index in [9.17, 15) is 13.2 Å². The molecule has 0 fully saturated rings. The van der Waals surface area contributed by atoms with Crippen molar-refractivity contribution in [2.45, 2.75) is 17.9 Å². The summed E-state index contributed by atoms with van der Waals surface area (Å²) in [6.07, 6.45) is -4.34. The van der Waals surface area contributed by atoms with Gasteiger partial charge in [0.2, 0.25) is 0 Å². The van der Waals surface area contributed by atoms with E-state index in [0.717, 1.165) is 22.9 Å². The van der Waals surface area contributed by atoms with Crippen molar-refractivity contribution >= 4 is 15.9 Å². The third-order valence-corrected chi connectivity index (χ3v) is 4.28. The summed E-state index contributed by atoms with van der Waals surface area (Å²) in [7, 11) is 1.58. The van der Waals surface area contributed by atoms with Gasteiger partial charge in [-0.3, -0.25) is 0 Å². The highest BCUT2D eigenvalue weighted by Gasteiger charge is 2.31. The van der Waals surface area contributed by atoms with E-state index in [0.29, 0.717) is 5.56 Å². The highest BCUT2D eigenvalue weighted by Crippen LogP contribution is 2.37. The van der Waals surface area contributed by atoms with Gasteiger partial charge in [0.1, 0.15) is 5.75 Å². The summed E-state index contributed by atoms with van der Waals surface area (Å²) in [6.45, 7) is 1.90. The van der Waals surface area contributed by atoms with E-state index < -0.39 is 11.7 Å². The number of methoxy groups -OCH3 is 1. The second-order valence-electron chi connectivity index (χ2n) is 4.71. The van der Waals surface area contributed by atoms with Gasteiger partial charge >= 0.3 is 6.18 Å². The van der Waals surface area contributed by atoms with Gasteiger partial charge < -0.3 is 4.74 Å². The molecule has 0 spiro atoms. The summed E-state index contributed by atoms with van der Waals surface area (Å²) >= 11 is 3.48. The number of alkyl halides is 4. The van der Waals surface area contributed by atoms with E-state index in [4.69, 9.17) is 4.74 Å². The molecule has 1 atom stereocenters. The summed E-state index contributed by atoms with van der Waals surface area (Å²) in [5, 5.41) is 0. The van der Waals surface area contributed by atoms with Crippen LogP contribution in [0.25, 0.3) is 0 Å². The average molecular weight is 359 g/mol. The number of ether oxygens (including phenoxy) is 1. The lowest BCUT2D eigenvalue weighted by atomic mass is 9.99. The minimum absolute atomic E-state index is 0.300. The van der Waals surface area contributed by atoms with Crippen LogP contribution in [-0.4, -0.2) is 7.11 Å². The molecule has 2 aromatic rings. The molecule has 0 radical (unpaired) electrons. The smallest absolute Gasteiger partial charge is 0.416 e. The minimum Gasteiger partial charge on any atom is -0.497 e. The van der Waals surface area contributed by atoms with Crippen molar-refractivity contribution in [3.05, 3.63) is 64.7 Å². The normalized spacial score (nSPS) is 13.0. The molecule has 21 heavy (non-hydrogen) atoms. The van der Waals surface area contributed by atoms with Gasteiger partial charge in [0.15, 0.2) is 0 Å². The second-order valence-corrected chi connectivity index (χ2v) is 5.62. The number of rotatable bonds is 3. The predicted octanol–water partition coefficient (Wildman–Crippen LogP) is 5.51. The summed E-state index contributed by atoms with van der Waals surface area (Å²) in [5.74, 6) is 0.722. The number of hydrogen-bond acceptors (Lipinski definition) is 1. The quantitative estimate of drug-likeness (QED) is 0.657. The highest BCUT2D eigenvalue weighted by molar-refractivity contribution is 9.09. The third kappa shape index (κ3) is 3.59. The average Bonchev–Trinajstić information content (AvgIpc) is 2.45. The van der Waals surface area contributed by atoms with Gasteiger partial charge in [-0.15, -0.1) is 0 Å². The summed E-state index contributed by atoms with van der Waals surface area (Å²) < 4.78 is 43.5. The molecule has 112 valence electrons. The van der Waals surface area contributed by atoms with Gasteiger partial charge in [-0.25, -0.2) is 0 Å². The Hall–Kier alpha value is -1.49. The van der Waals surface area contributed by atoms with E-state index >= 15 is 0 Å². The van der Waals surface area contributed by atoms with Crippen LogP contribution in [0.2, 0.25) is 0 Å². The topological polar surface area (TPSA) is 9.23 Å². The standard InChI is InChI=1S/C16H14BrF3O/c1-10-8-13(21-2)6-7-14(10)15(17)11-4-3-5-12(9-11)16(18,19)20/h3-9,15H,1-2H3. The Bertz CT molecular complexity index is 638. The summed E-state index contributed by atoms with van der Waals surface area (Å²) in [6, 6.07) is 10.9. The maximum Gasteiger partial charge on any atom is 0.416 e. The molecule has 0 aliphatic rings. The van der Waals surface area contributed by atoms with Gasteiger partial charge in [-0.2, -0.15) is 13.2 Å². The Labute approximate surface area is 129 Å². The van der Waals surface area contributed by atoms with Crippen molar-refractivity contribution in [2.24, 2.45) is 0 Å². The lowest BCUT2D eigenvalue weighted by molar-refractivity contribution is -0.137. The van der Waals surface area contributed by atoms with Crippen molar-refractivity contribution in [3.8, 4) is 5.75 Å². The van der Waals surface area contributed by atoms with Crippen LogP contribution in [0.5, 0.6) is 5.75 Å². The number of benzene rings is 2. The second kappa shape index (κ2) is 6.10. The molecule has 0 aliphatic carbocycles. The Balaban J connectivity index is 2.38. The van der Waals surface area contributed by atoms with Gasteiger partial charge in [-0.1, -0.05) is 40.2 Å². The molecule has 0 heterocycles. The Kier molecular flexibility index (Phi) is 4.61. The highest BCUT2D eigenvalue weighted by atomic mass is 79.9. The van der Waals surface area contributed by atoms with Crippen molar-refractivity contribution < 1.29 is 17.9 Å². The maximum absolute atomic E-state index is 12.8. The molecule has 0 aromatic heterocycles. The van der Waals surface area contributed by atoms with Crippen LogP contribution in [0.4, 0.5) is 13.2 Å². The van der Waals surface area contributed by atoms with Gasteiger partial charge in [0.05, 0.1) is 17.5 Å². The number of hydrogen-bond donors (Lipinski definition) is 0. The van der Waals surface area contributed by atoms with E-state index in [1.165, 1.54) is 12.1 Å². The fraction of sp³-hybridized carbons (Fsp3) is 0.250. The van der Waals surface area contributed by atoms with Crippen LogP contribution < -0.4 is 4.74 Å². The summed E-state index contributed by atoms with van der Waals surface area (Å²) in [5.41, 5.74) is 1.79. The lowest BCUT2D eigenvalue weighted by Gasteiger charge is -2.16. The fourth-order valence-electron chi connectivity index (χ4n) is 2.11. The van der Waals surface area contributed by atoms with E-state index in [2.05, 4.69) is 15.9 Å². The molecule has 0 N–H and O–H groups in total. The number of aryl methyl sites for hydroxylation is 1. The summed E-state index contributed by atoms with van der Waals surface area (Å²) in [4.78, 5) is -0.300. The molecular weight excluding hydrogens is 345 g/mol. The van der Waals surface area contributed by atoms with E-state index in [1.807, 2.05) is 19.1 Å². The van der Waals surface area contributed by atoms with Gasteiger partial charge in [0.25, 0.3) is 0 Å². The first-order valence-electron chi connectivity index (χ1n) is 6.28. The predicted molar refractivity (Wildman–Crippen MR) is 79.9 cm³/mol. The molecule has 1 nitrogen and oxygen atoms in total. The van der Waals surface area contributed by atoms with Gasteiger partial charge in [0, 0.05) is 0 Å². The Morgan fingerprint density at radius 3 is 2.38 bits per heavy atom. The zero-order chi connectivity index (χ0) is 15.6. The van der Waals surface area contributed by atoms with Gasteiger partial charge in [-0.05, 0) is 41.8 Å². The first-order chi connectivity index (χ1) is 9.82. The minimum atomic E-state index is -4.34. The van der Waals surface area contributed by atoms with Crippen LogP contribution in [0, 0.1) is 6.92 Å². The van der Waals surface area contributed by atoms with Crippen LogP contribution in [0.15, 0.2) is 42.5 Å². The molecule has 0 saturated carbocycles. The van der Waals surface area contributed by atoms with Crippen LogP contribution in [0.1, 0.15) is 27.1 Å². The SMILES string of the molecule is COc1ccc(C(Br)c2cccc(C(F)(F)F)c2)c(C)c1. The lowest BCUT2D eigenvalue weighted by Crippen LogP contribution is -2.06. The maximum atomic E-state index is 12.8. The van der Waals surface area contributed by atoms with Crippen molar-refractivity contribution in [1.29, 1.82) is 0 Å². The first-order valence-corrected chi connectivity index (χ1v) is 7.20. The van der Waals surface area contributed by atoms with E-state index in [1.54, 1.807) is 19.2 Å². The molecule has 0 amide bonds. The number of halogens is 4. The van der Waals surface area contributed by atoms with Crippen LogP contribution >= 0.6 is 15.9 Å². The Morgan fingerprint density at radius 2 is 1.81 bits per heavy atom. The third-order valence-electron chi connectivity index (χ3n) is 3.26. The zero-order valence-corrected chi connectivity index (χ0v) is 13.1. The molecule has 0 bridgehead atoms. The molecule has 0 saturated heterocycles. The largest absolute Gasteiger partial charge is 0.497 e. The zero-order valence-electron chi connectivity index (χ0n) is 11.5. The van der Waals surface area contributed by atoms with Crippen LogP contribution in [0.3, 0.4) is 0 Å². The molecule has 2 aromatic carbocycles. The van der Waals surface area contributed by atoms with E-state index in [-0.39, 0.29) is 4.83 Å². The van der Waals surface area contributed by atoms with Crippen molar-refractivity contribution in [3.63, 3.8) is 0 Å². The Morgan fingerprint density at radius 1 is 1.10 bits per heavy atom. The molecule has 1 unspecified atom stereocenters. The monoisotopic (exact) mass is 358 g/mol. The molecule has 0 aliphatic heterocycles. The molecular formula is C16H14BrF3O. The molecule has 2 rings (SSSR count).